The molecule has 34 heavy (non-hydrogen) atoms. The van der Waals surface area contributed by atoms with E-state index in [-0.39, 0.29) is 19.4 Å². The van der Waals surface area contributed by atoms with Crippen LogP contribution >= 0.6 is 0 Å². The molecule has 0 fully saturated rings. The third-order valence-corrected chi connectivity index (χ3v) is 5.41. The van der Waals surface area contributed by atoms with Crippen molar-refractivity contribution in [3.8, 4) is 0 Å². The summed E-state index contributed by atoms with van der Waals surface area (Å²) in [5, 5.41) is 10.3. The number of hydrogen-bond donors (Lipinski definition) is 2. The van der Waals surface area contributed by atoms with Crippen molar-refractivity contribution in [3.63, 3.8) is 0 Å². The summed E-state index contributed by atoms with van der Waals surface area (Å²) in [6.45, 7) is 4.44. The topological polar surface area (TPSA) is 101 Å². The maximum Gasteiger partial charge on any atom is 0.433 e. The molecule has 1 amide bonds. The molecule has 0 radical (unpaired) electrons. The van der Waals surface area contributed by atoms with E-state index in [1.54, 1.807) is 17.1 Å². The molecule has 1 aliphatic rings. The summed E-state index contributed by atoms with van der Waals surface area (Å²) in [5.74, 6) is 1.00. The van der Waals surface area contributed by atoms with Gasteiger partial charge in [0.15, 0.2) is 5.82 Å². The normalized spacial score (nSPS) is 15.4. The fourth-order valence-electron chi connectivity index (χ4n) is 3.67. The maximum atomic E-state index is 12.7. The summed E-state index contributed by atoms with van der Waals surface area (Å²) >= 11 is 0. The molecular formula is C22H27F3N8O. The Balaban J connectivity index is 0.00000324. The molecule has 2 N–H and O–H groups in total. The molecule has 0 bridgehead atoms. The first-order chi connectivity index (χ1) is 15.7. The number of nitrogens with zero attached hydrogens (tertiary/aromatic N) is 6. The number of carbonyl (C=O) groups excluding carboxylic acids is 1. The SMILES string of the molecule is C.CC[C@@H]1C(=O)Nc2c(C)nc(NCc3cnn(Cc4ccc(C(F)(F)F)nc4)c3)nc2N1C. The lowest BCUT2D eigenvalue weighted by atomic mass is 10.1. The Bertz CT molecular complexity index is 1160. The summed E-state index contributed by atoms with van der Waals surface area (Å²) in [4.78, 5) is 26.6. The number of aryl methyl sites for hydroxylation is 1. The predicted octanol–water partition coefficient (Wildman–Crippen LogP) is 3.86. The lowest BCUT2D eigenvalue weighted by Crippen LogP contribution is -2.46. The number of alkyl halides is 3. The van der Waals surface area contributed by atoms with Gasteiger partial charge in [-0.05, 0) is 25.0 Å². The predicted molar refractivity (Wildman–Crippen MR) is 123 cm³/mol. The molecule has 4 rings (SSSR count). The third kappa shape index (κ3) is 5.10. The summed E-state index contributed by atoms with van der Waals surface area (Å²) in [5.41, 5.74) is 1.79. The summed E-state index contributed by atoms with van der Waals surface area (Å²) in [6.07, 6.45) is 0.842. The van der Waals surface area contributed by atoms with Gasteiger partial charge in [0.2, 0.25) is 11.9 Å². The number of anilines is 3. The van der Waals surface area contributed by atoms with Gasteiger partial charge in [0.05, 0.1) is 18.4 Å². The summed E-state index contributed by atoms with van der Waals surface area (Å²) in [6, 6.07) is 2.05. The Labute approximate surface area is 195 Å². The molecule has 0 aromatic carbocycles. The Morgan fingerprint density at radius 3 is 2.59 bits per heavy atom. The molecule has 0 saturated carbocycles. The molecular weight excluding hydrogens is 449 g/mol. The van der Waals surface area contributed by atoms with Gasteiger partial charge in [0.25, 0.3) is 0 Å². The number of likely N-dealkylation sites (N-methyl/N-ethyl adjacent to an activating group) is 1. The van der Waals surface area contributed by atoms with Crippen LogP contribution in [0.2, 0.25) is 0 Å². The average Bonchev–Trinajstić information content (AvgIpc) is 3.20. The van der Waals surface area contributed by atoms with Gasteiger partial charge in [0.1, 0.15) is 17.4 Å². The number of fused-ring (bicyclic) bond motifs is 1. The largest absolute Gasteiger partial charge is 0.433 e. The van der Waals surface area contributed by atoms with Crippen molar-refractivity contribution in [2.45, 2.75) is 53.0 Å². The fourth-order valence-corrected chi connectivity index (χ4v) is 3.67. The number of pyridine rings is 1. The first-order valence-electron chi connectivity index (χ1n) is 10.4. The van der Waals surface area contributed by atoms with E-state index in [2.05, 4.69) is 30.7 Å². The first kappa shape index (κ1) is 24.9. The second-order valence-corrected chi connectivity index (χ2v) is 7.80. The quantitative estimate of drug-likeness (QED) is 0.557. The van der Waals surface area contributed by atoms with Crippen molar-refractivity contribution in [2.75, 3.05) is 22.6 Å². The molecule has 3 aromatic heterocycles. The molecule has 0 aliphatic carbocycles. The zero-order valence-corrected chi connectivity index (χ0v) is 18.3. The van der Waals surface area contributed by atoms with E-state index in [4.69, 9.17) is 0 Å². The van der Waals surface area contributed by atoms with Gasteiger partial charge in [0, 0.05) is 31.5 Å². The number of nitrogens with one attached hydrogen (secondary N) is 2. The molecule has 1 atom stereocenters. The zero-order valence-electron chi connectivity index (χ0n) is 18.3. The van der Waals surface area contributed by atoms with E-state index in [0.29, 0.717) is 48.2 Å². The van der Waals surface area contributed by atoms with E-state index >= 15 is 0 Å². The minimum absolute atomic E-state index is 0. The number of hydrogen-bond acceptors (Lipinski definition) is 7. The van der Waals surface area contributed by atoms with Crippen LogP contribution in [0.5, 0.6) is 0 Å². The van der Waals surface area contributed by atoms with Gasteiger partial charge >= 0.3 is 6.18 Å². The van der Waals surface area contributed by atoms with Crippen LogP contribution in [0, 0.1) is 6.92 Å². The first-order valence-corrected chi connectivity index (χ1v) is 10.4. The smallest absolute Gasteiger partial charge is 0.350 e. The van der Waals surface area contributed by atoms with Gasteiger partial charge in [-0.3, -0.25) is 14.5 Å². The number of carbonyl (C=O) groups is 1. The van der Waals surface area contributed by atoms with Crippen LogP contribution in [-0.2, 0) is 24.1 Å². The second-order valence-electron chi connectivity index (χ2n) is 7.80. The van der Waals surface area contributed by atoms with Crippen LogP contribution in [0.1, 0.15) is 43.3 Å². The highest BCUT2D eigenvalue weighted by molar-refractivity contribution is 6.03. The summed E-state index contributed by atoms with van der Waals surface area (Å²) < 4.78 is 39.6. The minimum atomic E-state index is -4.46. The van der Waals surface area contributed by atoms with Crippen LogP contribution in [0.4, 0.5) is 30.6 Å². The lowest BCUT2D eigenvalue weighted by Gasteiger charge is -2.34. The lowest BCUT2D eigenvalue weighted by molar-refractivity contribution is -0.141. The molecule has 0 unspecified atom stereocenters. The van der Waals surface area contributed by atoms with Gasteiger partial charge in [-0.15, -0.1) is 0 Å². The van der Waals surface area contributed by atoms with E-state index in [1.807, 2.05) is 25.8 Å². The monoisotopic (exact) mass is 476 g/mol. The Hall–Kier alpha value is -3.70. The molecule has 182 valence electrons. The van der Waals surface area contributed by atoms with Gasteiger partial charge in [-0.2, -0.15) is 23.3 Å². The minimum Gasteiger partial charge on any atom is -0.350 e. The molecule has 4 heterocycles. The Kier molecular flexibility index (Phi) is 7.08. The van der Waals surface area contributed by atoms with Crippen LogP contribution in [0.3, 0.4) is 0 Å². The van der Waals surface area contributed by atoms with Crippen LogP contribution in [0.15, 0.2) is 30.7 Å². The standard InChI is InChI=1S/C21H23F3N8O.CH4/c1-4-15-19(33)29-17-12(2)28-20(30-18(17)31(15)3)26-8-14-9-27-32(11-14)10-13-5-6-16(25-7-13)21(22,23)24;/h5-7,9,11,15H,4,8,10H2,1-3H3,(H,29,33)(H,26,28,30);1H4/t15-;/m1./s1. The Morgan fingerprint density at radius 1 is 1.18 bits per heavy atom. The van der Waals surface area contributed by atoms with Crippen molar-refractivity contribution in [3.05, 3.63) is 53.2 Å². The fraction of sp³-hybridized carbons (Fsp3) is 0.409. The number of amides is 1. The third-order valence-electron chi connectivity index (χ3n) is 5.41. The molecule has 12 heteroatoms. The van der Waals surface area contributed by atoms with E-state index in [0.717, 1.165) is 11.6 Å². The molecule has 0 saturated heterocycles. The van der Waals surface area contributed by atoms with Gasteiger partial charge in [-0.1, -0.05) is 20.4 Å². The van der Waals surface area contributed by atoms with Crippen molar-refractivity contribution >= 4 is 23.4 Å². The van der Waals surface area contributed by atoms with Crippen LogP contribution in [-0.4, -0.2) is 43.7 Å². The van der Waals surface area contributed by atoms with E-state index in [9.17, 15) is 18.0 Å². The van der Waals surface area contributed by atoms with Crippen molar-refractivity contribution in [2.24, 2.45) is 0 Å². The second kappa shape index (κ2) is 9.65. The summed E-state index contributed by atoms with van der Waals surface area (Å²) in [7, 11) is 1.84. The maximum absolute atomic E-state index is 12.7. The molecule has 0 spiro atoms. The molecule has 1 aliphatic heterocycles. The number of aromatic nitrogens is 5. The zero-order chi connectivity index (χ0) is 23.8. The van der Waals surface area contributed by atoms with Crippen molar-refractivity contribution in [1.29, 1.82) is 0 Å². The van der Waals surface area contributed by atoms with Crippen molar-refractivity contribution in [1.82, 2.24) is 24.7 Å². The highest BCUT2D eigenvalue weighted by atomic mass is 19.4. The molecule has 9 nitrogen and oxygen atoms in total. The average molecular weight is 477 g/mol. The van der Waals surface area contributed by atoms with Crippen LogP contribution in [0.25, 0.3) is 0 Å². The van der Waals surface area contributed by atoms with Crippen LogP contribution < -0.4 is 15.5 Å². The van der Waals surface area contributed by atoms with Gasteiger partial charge in [-0.25, -0.2) is 4.98 Å². The van der Waals surface area contributed by atoms with Gasteiger partial charge < -0.3 is 15.5 Å². The highest BCUT2D eigenvalue weighted by Crippen LogP contribution is 2.33. The van der Waals surface area contributed by atoms with Crippen molar-refractivity contribution < 1.29 is 18.0 Å². The van der Waals surface area contributed by atoms with E-state index < -0.39 is 11.9 Å². The number of halogens is 3. The molecule has 3 aromatic rings. The highest BCUT2D eigenvalue weighted by Gasteiger charge is 2.33. The Morgan fingerprint density at radius 2 is 1.94 bits per heavy atom. The van der Waals surface area contributed by atoms with E-state index in [1.165, 1.54) is 12.3 Å². The number of rotatable bonds is 6.